The summed E-state index contributed by atoms with van der Waals surface area (Å²) in [5, 5.41) is 23.8. The molecule has 1 aliphatic carbocycles. The second-order valence-corrected chi connectivity index (χ2v) is 8.40. The van der Waals surface area contributed by atoms with Crippen LogP contribution in [0.5, 0.6) is 0 Å². The van der Waals surface area contributed by atoms with Gasteiger partial charge < -0.3 is 15.2 Å². The minimum absolute atomic E-state index is 0.103. The number of nitro benzene ring substituents is 1. The first-order valence-corrected chi connectivity index (χ1v) is 11.4. The molecule has 9 heteroatoms. The Morgan fingerprint density at radius 3 is 2.03 bits per heavy atom. The van der Waals surface area contributed by atoms with Crippen LogP contribution in [0, 0.1) is 10.1 Å². The minimum Gasteiger partial charge on any atom is -0.480 e. The van der Waals surface area contributed by atoms with Crippen LogP contribution in [0.25, 0.3) is 11.1 Å². The lowest BCUT2D eigenvalue weighted by Gasteiger charge is -2.26. The van der Waals surface area contributed by atoms with Gasteiger partial charge in [-0.3, -0.25) is 19.7 Å². The van der Waals surface area contributed by atoms with Gasteiger partial charge in [-0.25, -0.2) is 4.79 Å². The Labute approximate surface area is 206 Å². The molecule has 4 rings (SSSR count). The van der Waals surface area contributed by atoms with E-state index in [4.69, 9.17) is 4.74 Å². The van der Waals surface area contributed by atoms with Gasteiger partial charge in [0.05, 0.1) is 23.9 Å². The van der Waals surface area contributed by atoms with E-state index >= 15 is 0 Å². The second-order valence-electron chi connectivity index (χ2n) is 8.40. The number of carboxylic acid groups (broad SMARTS) is 1. The van der Waals surface area contributed by atoms with Crippen LogP contribution in [0.4, 0.5) is 5.69 Å². The molecule has 0 spiro atoms. The number of hydrogen-bond donors (Lipinski definition) is 2. The fourth-order valence-corrected chi connectivity index (χ4v) is 4.68. The number of rotatable bonds is 9. The summed E-state index contributed by atoms with van der Waals surface area (Å²) in [6.07, 6.45) is -0.333. The van der Waals surface area contributed by atoms with Gasteiger partial charge >= 0.3 is 11.9 Å². The Morgan fingerprint density at radius 1 is 0.972 bits per heavy atom. The SMILES string of the molecule is CCOC(=O)C[C@H](c1ccc([N+](=O)[O-])cc1)[C@@H](NC(=O)C1c2ccccc2-c2ccccc21)C(=O)O. The van der Waals surface area contributed by atoms with Gasteiger partial charge in [-0.2, -0.15) is 0 Å². The number of carbonyl (C=O) groups excluding carboxylic acids is 2. The highest BCUT2D eigenvalue weighted by Crippen LogP contribution is 2.44. The predicted octanol–water partition coefficient (Wildman–Crippen LogP) is 4.01. The summed E-state index contributed by atoms with van der Waals surface area (Å²) in [5.41, 5.74) is 3.50. The van der Waals surface area contributed by atoms with E-state index in [9.17, 15) is 29.6 Å². The van der Waals surface area contributed by atoms with E-state index < -0.39 is 40.6 Å². The summed E-state index contributed by atoms with van der Waals surface area (Å²) in [5.74, 6) is -4.23. The molecule has 0 bridgehead atoms. The van der Waals surface area contributed by atoms with Crippen molar-refractivity contribution in [2.75, 3.05) is 6.61 Å². The Balaban J connectivity index is 1.69. The summed E-state index contributed by atoms with van der Waals surface area (Å²) in [6, 6.07) is 18.7. The highest BCUT2D eigenvalue weighted by molar-refractivity contribution is 5.98. The topological polar surface area (TPSA) is 136 Å². The highest BCUT2D eigenvalue weighted by Gasteiger charge is 2.38. The average Bonchev–Trinajstić information content (AvgIpc) is 3.21. The average molecular weight is 488 g/mol. The molecule has 0 unspecified atom stereocenters. The lowest BCUT2D eigenvalue weighted by atomic mass is 9.87. The molecule has 2 N–H and O–H groups in total. The highest BCUT2D eigenvalue weighted by atomic mass is 16.6. The summed E-state index contributed by atoms with van der Waals surface area (Å²) in [7, 11) is 0. The number of non-ortho nitro benzene ring substituents is 1. The molecule has 3 aromatic carbocycles. The van der Waals surface area contributed by atoms with Crippen molar-refractivity contribution in [2.24, 2.45) is 0 Å². The van der Waals surface area contributed by atoms with Crippen molar-refractivity contribution < 1.29 is 29.2 Å². The van der Waals surface area contributed by atoms with Crippen molar-refractivity contribution in [2.45, 2.75) is 31.2 Å². The Kier molecular flexibility index (Phi) is 7.10. The molecule has 0 fully saturated rings. The molecular weight excluding hydrogens is 464 g/mol. The van der Waals surface area contributed by atoms with E-state index in [1.54, 1.807) is 6.92 Å². The number of esters is 1. The van der Waals surface area contributed by atoms with Crippen LogP contribution in [0.1, 0.15) is 41.9 Å². The summed E-state index contributed by atoms with van der Waals surface area (Å²) >= 11 is 0. The number of aliphatic carboxylic acids is 1. The quantitative estimate of drug-likeness (QED) is 0.264. The monoisotopic (exact) mass is 488 g/mol. The first kappa shape index (κ1) is 24.6. The maximum absolute atomic E-state index is 13.6. The zero-order valence-electron chi connectivity index (χ0n) is 19.4. The summed E-state index contributed by atoms with van der Waals surface area (Å²) in [6.45, 7) is 1.73. The van der Waals surface area contributed by atoms with Gasteiger partial charge in [0.25, 0.3) is 5.69 Å². The molecule has 0 saturated heterocycles. The maximum atomic E-state index is 13.6. The molecule has 36 heavy (non-hydrogen) atoms. The maximum Gasteiger partial charge on any atom is 0.326 e. The summed E-state index contributed by atoms with van der Waals surface area (Å²) in [4.78, 5) is 48.8. The van der Waals surface area contributed by atoms with Crippen molar-refractivity contribution in [3.63, 3.8) is 0 Å². The van der Waals surface area contributed by atoms with Crippen molar-refractivity contribution in [3.05, 3.63) is 99.6 Å². The zero-order valence-corrected chi connectivity index (χ0v) is 19.4. The van der Waals surface area contributed by atoms with Crippen LogP contribution in [-0.4, -0.2) is 40.5 Å². The van der Waals surface area contributed by atoms with Crippen molar-refractivity contribution in [3.8, 4) is 11.1 Å². The number of amides is 1. The van der Waals surface area contributed by atoms with Crippen LogP contribution in [0.2, 0.25) is 0 Å². The van der Waals surface area contributed by atoms with Crippen LogP contribution >= 0.6 is 0 Å². The third-order valence-corrected chi connectivity index (χ3v) is 6.29. The molecule has 1 amide bonds. The molecule has 2 atom stereocenters. The molecule has 3 aromatic rings. The zero-order chi connectivity index (χ0) is 25.8. The number of fused-ring (bicyclic) bond motifs is 3. The minimum atomic E-state index is -1.48. The number of carbonyl (C=O) groups is 3. The normalized spacial score (nSPS) is 13.7. The van der Waals surface area contributed by atoms with Crippen molar-refractivity contribution in [1.82, 2.24) is 5.32 Å². The van der Waals surface area contributed by atoms with Crippen LogP contribution in [-0.2, 0) is 19.1 Å². The lowest BCUT2D eigenvalue weighted by Crippen LogP contribution is -2.47. The number of nitrogens with one attached hydrogen (secondary N) is 1. The molecule has 9 nitrogen and oxygen atoms in total. The van der Waals surface area contributed by atoms with E-state index in [0.717, 1.165) is 22.3 Å². The number of carboxylic acids is 1. The first-order chi connectivity index (χ1) is 17.3. The Hall–Kier alpha value is -4.53. The van der Waals surface area contributed by atoms with Gasteiger partial charge in [0.1, 0.15) is 6.04 Å². The molecule has 184 valence electrons. The molecule has 0 saturated carbocycles. The molecule has 0 aromatic heterocycles. The molecular formula is C27H24N2O7. The van der Waals surface area contributed by atoms with Gasteiger partial charge in [-0.05, 0) is 34.7 Å². The van der Waals surface area contributed by atoms with Crippen LogP contribution in [0.3, 0.4) is 0 Å². The van der Waals surface area contributed by atoms with Gasteiger partial charge in [0, 0.05) is 18.1 Å². The van der Waals surface area contributed by atoms with E-state index in [1.165, 1.54) is 24.3 Å². The first-order valence-electron chi connectivity index (χ1n) is 11.4. The molecule has 0 heterocycles. The van der Waals surface area contributed by atoms with Gasteiger partial charge in [0.2, 0.25) is 5.91 Å². The van der Waals surface area contributed by atoms with Crippen LogP contribution in [0.15, 0.2) is 72.8 Å². The third kappa shape index (κ3) is 4.81. The van der Waals surface area contributed by atoms with Gasteiger partial charge in [-0.1, -0.05) is 60.7 Å². The standard InChI is InChI=1S/C27H24N2O7/c1-2-36-23(30)15-22(16-11-13-17(14-12-16)29(34)35)25(27(32)33)28-26(31)24-20-9-5-3-7-18(20)19-8-4-6-10-21(19)24/h3-14,22,24-25H,2,15H2,1H3,(H,28,31)(H,32,33)/t22-,25-/m1/s1. The fourth-order valence-electron chi connectivity index (χ4n) is 4.68. The molecule has 0 aliphatic heterocycles. The third-order valence-electron chi connectivity index (χ3n) is 6.29. The number of hydrogen-bond acceptors (Lipinski definition) is 6. The van der Waals surface area contributed by atoms with Crippen molar-refractivity contribution in [1.29, 1.82) is 0 Å². The van der Waals surface area contributed by atoms with Gasteiger partial charge in [-0.15, -0.1) is 0 Å². The lowest BCUT2D eigenvalue weighted by molar-refractivity contribution is -0.384. The predicted molar refractivity (Wildman–Crippen MR) is 130 cm³/mol. The number of benzene rings is 3. The van der Waals surface area contributed by atoms with Gasteiger partial charge in [0.15, 0.2) is 0 Å². The van der Waals surface area contributed by atoms with E-state index in [2.05, 4.69) is 5.32 Å². The van der Waals surface area contributed by atoms with E-state index in [0.29, 0.717) is 5.56 Å². The Bertz CT molecular complexity index is 1270. The molecule has 1 aliphatic rings. The smallest absolute Gasteiger partial charge is 0.326 e. The van der Waals surface area contributed by atoms with Crippen molar-refractivity contribution >= 4 is 23.5 Å². The number of nitrogens with zero attached hydrogens (tertiary/aromatic N) is 1. The van der Waals surface area contributed by atoms with E-state index in [1.807, 2.05) is 48.5 Å². The Morgan fingerprint density at radius 2 is 1.53 bits per heavy atom. The summed E-state index contributed by atoms with van der Waals surface area (Å²) < 4.78 is 5.03. The van der Waals surface area contributed by atoms with E-state index in [-0.39, 0.29) is 18.7 Å². The largest absolute Gasteiger partial charge is 0.480 e. The number of ether oxygens (including phenoxy) is 1. The molecule has 0 radical (unpaired) electrons. The number of nitro groups is 1. The fraction of sp³-hybridized carbons (Fsp3) is 0.222. The second kappa shape index (κ2) is 10.4. The van der Waals surface area contributed by atoms with Crippen LogP contribution < -0.4 is 5.32 Å².